The molecule has 0 spiro atoms. The van der Waals surface area contributed by atoms with E-state index < -0.39 is 0 Å². The van der Waals surface area contributed by atoms with Crippen molar-refractivity contribution in [1.82, 2.24) is 0 Å². The Morgan fingerprint density at radius 3 is 2.50 bits per heavy atom. The molecule has 8 heavy (non-hydrogen) atoms. The molecule has 0 saturated heterocycles. The maximum Gasteiger partial charge on any atom is 0.0754 e. The standard InChI is InChI=1S/C4H4ClN3/c5-3-1-2-4(3)7-8-6/h1-4H. The number of hydrogen-bond acceptors (Lipinski definition) is 1. The van der Waals surface area contributed by atoms with Crippen molar-refractivity contribution in [2.24, 2.45) is 5.11 Å². The van der Waals surface area contributed by atoms with E-state index in [9.17, 15) is 0 Å². The van der Waals surface area contributed by atoms with E-state index in [0.29, 0.717) is 0 Å². The van der Waals surface area contributed by atoms with Crippen molar-refractivity contribution in [3.63, 3.8) is 0 Å². The lowest BCUT2D eigenvalue weighted by atomic mass is 10.1. The van der Waals surface area contributed by atoms with E-state index in [1.165, 1.54) is 0 Å². The van der Waals surface area contributed by atoms with Crippen LogP contribution in [0.5, 0.6) is 0 Å². The first kappa shape index (κ1) is 5.48. The lowest BCUT2D eigenvalue weighted by Crippen LogP contribution is -2.21. The zero-order valence-electron chi connectivity index (χ0n) is 4.03. The molecule has 1 rings (SSSR count). The Labute approximate surface area is 51.6 Å². The smallest absolute Gasteiger partial charge is 0.0754 e. The molecule has 1 aliphatic rings. The summed E-state index contributed by atoms with van der Waals surface area (Å²) in [5.74, 6) is 0. The Bertz CT molecular complexity index is 159. The third-order valence-electron chi connectivity index (χ3n) is 1.00. The highest BCUT2D eigenvalue weighted by Gasteiger charge is 2.18. The second-order valence-electron chi connectivity index (χ2n) is 1.52. The molecule has 0 fully saturated rings. The van der Waals surface area contributed by atoms with E-state index in [4.69, 9.17) is 17.1 Å². The van der Waals surface area contributed by atoms with Gasteiger partial charge in [-0.3, -0.25) is 0 Å². The molecule has 0 saturated carbocycles. The average Bonchev–Trinajstić information content (AvgIpc) is 1.79. The molecule has 4 heteroatoms. The molecule has 0 aromatic carbocycles. The minimum atomic E-state index is -0.110. The van der Waals surface area contributed by atoms with Gasteiger partial charge in [-0.05, 0) is 5.53 Å². The van der Waals surface area contributed by atoms with Gasteiger partial charge >= 0.3 is 0 Å². The molecule has 3 nitrogen and oxygen atoms in total. The quantitative estimate of drug-likeness (QED) is 0.171. The van der Waals surface area contributed by atoms with Gasteiger partial charge in [-0.1, -0.05) is 17.3 Å². The highest BCUT2D eigenvalue weighted by atomic mass is 35.5. The summed E-state index contributed by atoms with van der Waals surface area (Å²) in [5.41, 5.74) is 7.89. The summed E-state index contributed by atoms with van der Waals surface area (Å²) in [6.07, 6.45) is 3.57. The van der Waals surface area contributed by atoms with Gasteiger partial charge in [0.05, 0.1) is 11.4 Å². The third kappa shape index (κ3) is 0.782. The zero-order valence-corrected chi connectivity index (χ0v) is 4.78. The average molecular weight is 130 g/mol. The van der Waals surface area contributed by atoms with Gasteiger partial charge in [0.2, 0.25) is 0 Å². The first-order valence-electron chi connectivity index (χ1n) is 2.21. The predicted octanol–water partition coefficient (Wildman–Crippen LogP) is 1.84. The summed E-state index contributed by atoms with van der Waals surface area (Å²) in [4.78, 5) is 2.60. The van der Waals surface area contributed by atoms with Crippen molar-refractivity contribution in [1.29, 1.82) is 0 Å². The van der Waals surface area contributed by atoms with Crippen molar-refractivity contribution in [3.8, 4) is 0 Å². The molecule has 0 aliphatic heterocycles. The molecule has 1 aliphatic carbocycles. The number of alkyl halides is 1. The summed E-state index contributed by atoms with van der Waals surface area (Å²) in [6, 6.07) is -0.110. The second-order valence-corrected chi connectivity index (χ2v) is 2.03. The molecule has 0 bridgehead atoms. The number of nitrogens with zero attached hydrogens (tertiary/aromatic N) is 3. The fraction of sp³-hybridized carbons (Fsp3) is 0.500. The normalized spacial score (nSPS) is 33.1. The lowest BCUT2D eigenvalue weighted by molar-refractivity contribution is 0.771. The SMILES string of the molecule is [N-]=[N+]=NC1C=CC1Cl. The highest BCUT2D eigenvalue weighted by molar-refractivity contribution is 6.23. The van der Waals surface area contributed by atoms with Crippen molar-refractivity contribution < 1.29 is 0 Å². The summed E-state index contributed by atoms with van der Waals surface area (Å²) in [5, 5.41) is 3.29. The number of rotatable bonds is 1. The number of hydrogen-bond donors (Lipinski definition) is 0. The van der Waals surface area contributed by atoms with Gasteiger partial charge in [-0.2, -0.15) is 0 Å². The van der Waals surface area contributed by atoms with Crippen molar-refractivity contribution in [2.75, 3.05) is 0 Å². The van der Waals surface area contributed by atoms with Crippen LogP contribution in [0.15, 0.2) is 17.3 Å². The Balaban J connectivity index is 2.53. The van der Waals surface area contributed by atoms with E-state index in [2.05, 4.69) is 10.0 Å². The molecule has 42 valence electrons. The summed E-state index contributed by atoms with van der Waals surface area (Å²) >= 11 is 5.54. The van der Waals surface area contributed by atoms with Gasteiger partial charge in [0, 0.05) is 4.91 Å². The molecule has 2 atom stereocenters. The van der Waals surface area contributed by atoms with Crippen LogP contribution in [0.2, 0.25) is 0 Å². The Morgan fingerprint density at radius 2 is 2.38 bits per heavy atom. The van der Waals surface area contributed by atoms with Crippen LogP contribution in [0.4, 0.5) is 0 Å². The van der Waals surface area contributed by atoms with Gasteiger partial charge < -0.3 is 0 Å². The van der Waals surface area contributed by atoms with Gasteiger partial charge in [0.1, 0.15) is 0 Å². The molecule has 0 radical (unpaired) electrons. The van der Waals surface area contributed by atoms with Crippen molar-refractivity contribution in [2.45, 2.75) is 11.4 Å². The number of azide groups is 1. The molecule has 2 unspecified atom stereocenters. The minimum absolute atomic E-state index is 0.0779. The lowest BCUT2D eigenvalue weighted by Gasteiger charge is -2.17. The Morgan fingerprint density at radius 1 is 1.62 bits per heavy atom. The number of halogens is 1. The van der Waals surface area contributed by atoms with E-state index in [1.807, 2.05) is 0 Å². The topological polar surface area (TPSA) is 48.8 Å². The fourth-order valence-electron chi connectivity index (χ4n) is 0.456. The van der Waals surface area contributed by atoms with Crippen LogP contribution in [-0.4, -0.2) is 11.4 Å². The van der Waals surface area contributed by atoms with Gasteiger partial charge in [-0.15, -0.1) is 11.6 Å². The van der Waals surface area contributed by atoms with Crippen LogP contribution in [-0.2, 0) is 0 Å². The summed E-state index contributed by atoms with van der Waals surface area (Å²) in [7, 11) is 0. The van der Waals surface area contributed by atoms with Crippen LogP contribution >= 0.6 is 11.6 Å². The van der Waals surface area contributed by atoms with E-state index >= 15 is 0 Å². The molecule has 0 amide bonds. The van der Waals surface area contributed by atoms with Crippen molar-refractivity contribution >= 4 is 11.6 Å². The predicted molar refractivity (Wildman–Crippen MR) is 31.7 cm³/mol. The molecular weight excluding hydrogens is 126 g/mol. The molecule has 0 aromatic rings. The third-order valence-corrected chi connectivity index (χ3v) is 1.41. The molecular formula is C4H4ClN3. The van der Waals surface area contributed by atoms with Crippen molar-refractivity contribution in [3.05, 3.63) is 22.6 Å². The molecule has 0 heterocycles. The zero-order chi connectivity index (χ0) is 5.98. The van der Waals surface area contributed by atoms with Crippen LogP contribution in [0.1, 0.15) is 0 Å². The monoisotopic (exact) mass is 129 g/mol. The van der Waals surface area contributed by atoms with Crippen LogP contribution < -0.4 is 0 Å². The molecule has 0 N–H and O–H groups in total. The Hall–Kier alpha value is -0.660. The maximum atomic E-state index is 7.89. The molecule has 0 aromatic heterocycles. The highest BCUT2D eigenvalue weighted by Crippen LogP contribution is 2.19. The second kappa shape index (κ2) is 2.07. The van der Waals surface area contributed by atoms with E-state index in [-0.39, 0.29) is 11.4 Å². The van der Waals surface area contributed by atoms with Gasteiger partial charge in [0.25, 0.3) is 0 Å². The summed E-state index contributed by atoms with van der Waals surface area (Å²) in [6.45, 7) is 0. The maximum absolute atomic E-state index is 7.89. The van der Waals surface area contributed by atoms with Crippen LogP contribution in [0.3, 0.4) is 0 Å². The van der Waals surface area contributed by atoms with E-state index in [1.54, 1.807) is 12.2 Å². The van der Waals surface area contributed by atoms with Gasteiger partial charge in [-0.25, -0.2) is 0 Å². The van der Waals surface area contributed by atoms with E-state index in [0.717, 1.165) is 0 Å². The van der Waals surface area contributed by atoms with Crippen LogP contribution in [0, 0.1) is 0 Å². The van der Waals surface area contributed by atoms with Crippen LogP contribution in [0.25, 0.3) is 10.4 Å². The minimum Gasteiger partial charge on any atom is -0.118 e. The first-order valence-corrected chi connectivity index (χ1v) is 2.65. The largest absolute Gasteiger partial charge is 0.118 e. The Kier molecular flexibility index (Phi) is 1.42. The van der Waals surface area contributed by atoms with Gasteiger partial charge in [0.15, 0.2) is 0 Å². The first-order chi connectivity index (χ1) is 3.84. The summed E-state index contributed by atoms with van der Waals surface area (Å²) < 4.78 is 0. The fourth-order valence-corrected chi connectivity index (χ4v) is 0.675.